The van der Waals surface area contributed by atoms with Gasteiger partial charge in [0, 0.05) is 7.05 Å². The molecule has 1 atom stereocenters. The zero-order chi connectivity index (χ0) is 16.6. The zero-order valence-electron chi connectivity index (χ0n) is 13.4. The molecule has 122 valence electrons. The summed E-state index contributed by atoms with van der Waals surface area (Å²) in [4.78, 5) is 38.2. The van der Waals surface area contributed by atoms with Crippen LogP contribution in [0.2, 0.25) is 0 Å². The lowest BCUT2D eigenvalue weighted by atomic mass is 10.0. The molecule has 1 saturated carbocycles. The average molecular weight is 315 g/mol. The first-order valence-electron chi connectivity index (χ1n) is 7.87. The first-order valence-corrected chi connectivity index (χ1v) is 7.87. The molecule has 1 aromatic rings. The van der Waals surface area contributed by atoms with E-state index >= 15 is 0 Å². The molecule has 1 unspecified atom stereocenters. The molecule has 6 heteroatoms. The fourth-order valence-electron chi connectivity index (χ4n) is 2.86. The Morgan fingerprint density at radius 3 is 2.43 bits per heavy atom. The van der Waals surface area contributed by atoms with Gasteiger partial charge in [-0.25, -0.2) is 4.79 Å². The molecule has 2 fully saturated rings. The number of nitrogens with one attached hydrogen (secondary N) is 1. The van der Waals surface area contributed by atoms with Crippen LogP contribution in [0.15, 0.2) is 24.3 Å². The molecule has 3 rings (SSSR count). The second-order valence-corrected chi connectivity index (χ2v) is 6.41. The van der Waals surface area contributed by atoms with Crippen molar-refractivity contribution >= 4 is 17.8 Å². The molecule has 0 bridgehead atoms. The Hall–Kier alpha value is -2.37. The second kappa shape index (κ2) is 6.02. The molecule has 0 radical (unpaired) electrons. The molecule has 1 heterocycles. The summed E-state index contributed by atoms with van der Waals surface area (Å²) in [5, 5.41) is 2.99. The van der Waals surface area contributed by atoms with Gasteiger partial charge < -0.3 is 10.2 Å². The van der Waals surface area contributed by atoms with Gasteiger partial charge in [-0.05, 0) is 31.2 Å². The third-order valence-electron chi connectivity index (χ3n) is 4.38. The summed E-state index contributed by atoms with van der Waals surface area (Å²) in [6, 6.07) is 7.65. The molecule has 1 aromatic carbocycles. The Kier molecular flexibility index (Phi) is 4.07. The number of urea groups is 1. The number of carbonyl (C=O) groups excluding carboxylic acids is 3. The highest BCUT2D eigenvalue weighted by Crippen LogP contribution is 2.41. The lowest BCUT2D eigenvalue weighted by Crippen LogP contribution is -2.42. The normalized spacial score (nSPS) is 19.2. The summed E-state index contributed by atoms with van der Waals surface area (Å²) in [7, 11) is 1.55. The van der Waals surface area contributed by atoms with Crippen molar-refractivity contribution in [2.45, 2.75) is 25.8 Å². The number of benzene rings is 1. The molecule has 2 aliphatic rings. The lowest BCUT2D eigenvalue weighted by molar-refractivity contribution is -0.131. The summed E-state index contributed by atoms with van der Waals surface area (Å²) in [6.07, 6.45) is 2.17. The molecule has 4 amide bonds. The van der Waals surface area contributed by atoms with Crippen molar-refractivity contribution in [1.82, 2.24) is 15.1 Å². The predicted octanol–water partition coefficient (Wildman–Crippen LogP) is 1.46. The Labute approximate surface area is 135 Å². The van der Waals surface area contributed by atoms with Crippen molar-refractivity contribution in [2.24, 2.45) is 5.92 Å². The molecule has 23 heavy (non-hydrogen) atoms. The van der Waals surface area contributed by atoms with E-state index in [2.05, 4.69) is 5.32 Å². The van der Waals surface area contributed by atoms with Crippen molar-refractivity contribution < 1.29 is 14.4 Å². The van der Waals surface area contributed by atoms with E-state index in [-0.39, 0.29) is 30.9 Å². The highest BCUT2D eigenvalue weighted by atomic mass is 16.2. The van der Waals surface area contributed by atoms with Crippen LogP contribution in [0.1, 0.15) is 30.0 Å². The molecule has 6 nitrogen and oxygen atoms in total. The number of hydrogen-bond donors (Lipinski definition) is 1. The minimum absolute atomic E-state index is 0.0378. The van der Waals surface area contributed by atoms with Gasteiger partial charge in [-0.3, -0.25) is 14.5 Å². The van der Waals surface area contributed by atoms with Gasteiger partial charge in [-0.1, -0.05) is 29.8 Å². The van der Waals surface area contributed by atoms with Crippen LogP contribution in [0.4, 0.5) is 4.79 Å². The Morgan fingerprint density at radius 2 is 1.91 bits per heavy atom. The summed E-state index contributed by atoms with van der Waals surface area (Å²) >= 11 is 0. The molecular weight excluding hydrogens is 294 g/mol. The number of carbonyl (C=O) groups is 3. The molecule has 1 aliphatic carbocycles. The highest BCUT2D eigenvalue weighted by Gasteiger charge is 2.37. The Morgan fingerprint density at radius 1 is 1.26 bits per heavy atom. The molecule has 1 N–H and O–H groups in total. The minimum Gasteiger partial charge on any atom is -0.347 e. The quantitative estimate of drug-likeness (QED) is 0.836. The van der Waals surface area contributed by atoms with E-state index in [4.69, 9.17) is 0 Å². The van der Waals surface area contributed by atoms with Crippen molar-refractivity contribution in [3.63, 3.8) is 0 Å². The fourth-order valence-corrected chi connectivity index (χ4v) is 2.86. The summed E-state index contributed by atoms with van der Waals surface area (Å²) in [6.45, 7) is 1.85. The maximum atomic E-state index is 12.3. The SMILES string of the molecule is Cc1ccc(C(NC(=O)CN2C(=O)CN(C)C2=O)C2CC2)cc1. The predicted molar refractivity (Wildman–Crippen MR) is 84.5 cm³/mol. The van der Waals surface area contributed by atoms with Gasteiger partial charge in [0.05, 0.1) is 6.04 Å². The third kappa shape index (κ3) is 3.36. The molecule has 1 aliphatic heterocycles. The van der Waals surface area contributed by atoms with E-state index in [1.165, 1.54) is 10.5 Å². The van der Waals surface area contributed by atoms with Crippen molar-refractivity contribution in [1.29, 1.82) is 0 Å². The van der Waals surface area contributed by atoms with Crippen LogP contribution < -0.4 is 5.32 Å². The van der Waals surface area contributed by atoms with Crippen LogP contribution in [-0.4, -0.2) is 47.8 Å². The average Bonchev–Trinajstić information content (AvgIpc) is 3.31. The van der Waals surface area contributed by atoms with Crippen molar-refractivity contribution in [3.05, 3.63) is 35.4 Å². The summed E-state index contributed by atoms with van der Waals surface area (Å²) in [5.74, 6) is -0.181. The van der Waals surface area contributed by atoms with Gasteiger partial charge in [-0.15, -0.1) is 0 Å². The molecular formula is C17H21N3O3. The number of nitrogens with zero attached hydrogens (tertiary/aromatic N) is 2. The number of rotatable bonds is 5. The monoisotopic (exact) mass is 315 g/mol. The molecule has 0 aromatic heterocycles. The van der Waals surface area contributed by atoms with Crippen LogP contribution in [0.25, 0.3) is 0 Å². The number of hydrogen-bond acceptors (Lipinski definition) is 3. The van der Waals surface area contributed by atoms with E-state index in [1.54, 1.807) is 7.05 Å². The number of aryl methyl sites for hydroxylation is 1. The number of amides is 4. The van der Waals surface area contributed by atoms with Gasteiger partial charge in [0.1, 0.15) is 13.1 Å². The topological polar surface area (TPSA) is 69.7 Å². The Balaban J connectivity index is 1.66. The maximum Gasteiger partial charge on any atom is 0.327 e. The van der Waals surface area contributed by atoms with Gasteiger partial charge in [0.2, 0.25) is 5.91 Å². The first kappa shape index (κ1) is 15.5. The van der Waals surface area contributed by atoms with Crippen LogP contribution >= 0.6 is 0 Å². The maximum absolute atomic E-state index is 12.3. The molecule has 0 spiro atoms. The van der Waals surface area contributed by atoms with E-state index in [0.29, 0.717) is 5.92 Å². The first-order chi connectivity index (χ1) is 11.0. The van der Waals surface area contributed by atoms with E-state index in [1.807, 2.05) is 31.2 Å². The Bertz CT molecular complexity index is 637. The second-order valence-electron chi connectivity index (χ2n) is 6.41. The summed E-state index contributed by atoms with van der Waals surface area (Å²) < 4.78 is 0. The van der Waals surface area contributed by atoms with Crippen molar-refractivity contribution in [2.75, 3.05) is 20.1 Å². The van der Waals surface area contributed by atoms with Crippen LogP contribution in [0.5, 0.6) is 0 Å². The zero-order valence-corrected chi connectivity index (χ0v) is 13.4. The van der Waals surface area contributed by atoms with Crippen molar-refractivity contribution in [3.8, 4) is 0 Å². The van der Waals surface area contributed by atoms with Gasteiger partial charge in [0.25, 0.3) is 5.91 Å². The number of likely N-dealkylation sites (N-methyl/N-ethyl adjacent to an activating group) is 1. The highest BCUT2D eigenvalue weighted by molar-refractivity contribution is 6.04. The minimum atomic E-state index is -0.413. The van der Waals surface area contributed by atoms with Crippen LogP contribution in [-0.2, 0) is 9.59 Å². The van der Waals surface area contributed by atoms with Gasteiger partial charge in [0.15, 0.2) is 0 Å². The van der Waals surface area contributed by atoms with Gasteiger partial charge in [-0.2, -0.15) is 0 Å². The lowest BCUT2D eigenvalue weighted by Gasteiger charge is -2.21. The standard InChI is InChI=1S/C17H21N3O3/c1-11-3-5-12(6-4-11)16(13-7-8-13)18-14(21)9-20-15(22)10-19(2)17(20)23/h3-6,13,16H,7-10H2,1-2H3,(H,18,21). The number of imide groups is 1. The van der Waals surface area contributed by atoms with Crippen LogP contribution in [0, 0.1) is 12.8 Å². The largest absolute Gasteiger partial charge is 0.347 e. The fraction of sp³-hybridized carbons (Fsp3) is 0.471. The van der Waals surface area contributed by atoms with E-state index in [0.717, 1.165) is 23.3 Å². The molecule has 1 saturated heterocycles. The third-order valence-corrected chi connectivity index (χ3v) is 4.38. The van der Waals surface area contributed by atoms with E-state index < -0.39 is 6.03 Å². The summed E-state index contributed by atoms with van der Waals surface area (Å²) in [5.41, 5.74) is 2.24. The smallest absolute Gasteiger partial charge is 0.327 e. The van der Waals surface area contributed by atoms with Crippen LogP contribution in [0.3, 0.4) is 0 Å². The van der Waals surface area contributed by atoms with Gasteiger partial charge >= 0.3 is 6.03 Å². The van der Waals surface area contributed by atoms with E-state index in [9.17, 15) is 14.4 Å².